The van der Waals surface area contributed by atoms with Gasteiger partial charge in [0.05, 0.1) is 0 Å². The lowest BCUT2D eigenvalue weighted by Gasteiger charge is -2.12. The Morgan fingerprint density at radius 1 is 1.64 bits per heavy atom. The van der Waals surface area contributed by atoms with E-state index in [-0.39, 0.29) is 5.57 Å². The predicted molar refractivity (Wildman–Crippen MR) is 61.9 cm³/mol. The summed E-state index contributed by atoms with van der Waals surface area (Å²) in [6, 6.07) is 0.352. The van der Waals surface area contributed by atoms with E-state index in [0.29, 0.717) is 12.6 Å². The smallest absolute Gasteiger partial charge is 0.332 e. The van der Waals surface area contributed by atoms with Crippen molar-refractivity contribution in [3.05, 3.63) is 12.2 Å². The van der Waals surface area contributed by atoms with Crippen LogP contribution in [0.2, 0.25) is 0 Å². The predicted octanol–water partition coefficient (Wildman–Crippen LogP) is 1.75. The molecule has 1 atom stereocenters. The van der Waals surface area contributed by atoms with Crippen LogP contribution in [0.15, 0.2) is 12.2 Å². The molecule has 0 aromatic heterocycles. The Balaban J connectivity index is 3.48. The highest BCUT2D eigenvalue weighted by molar-refractivity contribution is 7.99. The van der Waals surface area contributed by atoms with Gasteiger partial charge in [-0.25, -0.2) is 4.79 Å². The molecule has 3 nitrogen and oxygen atoms in total. The molecular weight excluding hydrogens is 198 g/mol. The molecular formula is C10H19NO2S. The highest BCUT2D eigenvalue weighted by Gasteiger charge is 2.06. The van der Waals surface area contributed by atoms with Crippen molar-refractivity contribution in [2.24, 2.45) is 0 Å². The molecule has 0 fully saturated rings. The van der Waals surface area contributed by atoms with Crippen molar-refractivity contribution in [3.8, 4) is 0 Å². The molecule has 0 aromatic carbocycles. The maximum atomic E-state index is 10.4. The first-order valence-corrected chi connectivity index (χ1v) is 5.95. The largest absolute Gasteiger partial charge is 0.478 e. The molecule has 0 radical (unpaired) electrons. The minimum absolute atomic E-state index is 0.222. The number of carbonyl (C=O) groups is 1. The topological polar surface area (TPSA) is 49.3 Å². The molecule has 0 aromatic rings. The monoisotopic (exact) mass is 217 g/mol. The van der Waals surface area contributed by atoms with Crippen LogP contribution >= 0.6 is 11.8 Å². The van der Waals surface area contributed by atoms with Crippen molar-refractivity contribution in [1.29, 1.82) is 0 Å². The molecule has 0 bridgehead atoms. The van der Waals surface area contributed by atoms with Crippen LogP contribution in [0.3, 0.4) is 0 Å². The standard InChI is InChI=1S/C10H19NO2S/c1-4-14-6-5-9(3)11-7-8(2)10(12)13/h9,11H,2,4-7H2,1,3H3,(H,12,13). The fourth-order valence-corrected chi connectivity index (χ4v) is 1.69. The van der Waals surface area contributed by atoms with E-state index in [1.807, 2.05) is 11.8 Å². The number of thioether (sulfide) groups is 1. The van der Waals surface area contributed by atoms with Gasteiger partial charge in [0.2, 0.25) is 0 Å². The molecule has 4 heteroatoms. The summed E-state index contributed by atoms with van der Waals surface area (Å²) in [7, 11) is 0. The van der Waals surface area contributed by atoms with Crippen LogP contribution in [-0.4, -0.2) is 35.2 Å². The zero-order chi connectivity index (χ0) is 11.0. The van der Waals surface area contributed by atoms with Gasteiger partial charge in [0.25, 0.3) is 0 Å². The van der Waals surface area contributed by atoms with E-state index >= 15 is 0 Å². The minimum Gasteiger partial charge on any atom is -0.478 e. The van der Waals surface area contributed by atoms with E-state index in [1.165, 1.54) is 0 Å². The van der Waals surface area contributed by atoms with Crippen LogP contribution in [0.1, 0.15) is 20.3 Å². The zero-order valence-corrected chi connectivity index (χ0v) is 9.69. The van der Waals surface area contributed by atoms with Crippen molar-refractivity contribution >= 4 is 17.7 Å². The zero-order valence-electron chi connectivity index (χ0n) is 8.88. The average Bonchev–Trinajstić information content (AvgIpc) is 2.14. The summed E-state index contributed by atoms with van der Waals surface area (Å²) in [5.41, 5.74) is 0.222. The Hall–Kier alpha value is -0.480. The Bertz CT molecular complexity index is 195. The summed E-state index contributed by atoms with van der Waals surface area (Å²) in [6.45, 7) is 8.02. The highest BCUT2D eigenvalue weighted by atomic mass is 32.2. The van der Waals surface area contributed by atoms with Crippen molar-refractivity contribution in [1.82, 2.24) is 5.32 Å². The molecule has 0 rings (SSSR count). The minimum atomic E-state index is -0.923. The SMILES string of the molecule is C=C(CNC(C)CCSCC)C(=O)O. The summed E-state index contributed by atoms with van der Waals surface area (Å²) >= 11 is 1.90. The van der Waals surface area contributed by atoms with E-state index in [4.69, 9.17) is 5.11 Å². The molecule has 0 heterocycles. The van der Waals surface area contributed by atoms with E-state index in [0.717, 1.165) is 17.9 Å². The van der Waals surface area contributed by atoms with Gasteiger partial charge in [-0.05, 0) is 24.9 Å². The van der Waals surface area contributed by atoms with Gasteiger partial charge in [0, 0.05) is 18.2 Å². The molecule has 0 saturated carbocycles. The van der Waals surface area contributed by atoms with E-state index in [2.05, 4.69) is 25.7 Å². The third kappa shape index (κ3) is 6.97. The highest BCUT2D eigenvalue weighted by Crippen LogP contribution is 2.03. The summed E-state index contributed by atoms with van der Waals surface area (Å²) in [5.74, 6) is 1.33. The van der Waals surface area contributed by atoms with Crippen LogP contribution in [0.25, 0.3) is 0 Å². The first kappa shape index (κ1) is 13.5. The Morgan fingerprint density at radius 2 is 2.29 bits per heavy atom. The van der Waals surface area contributed by atoms with Gasteiger partial charge in [0.15, 0.2) is 0 Å². The van der Waals surface area contributed by atoms with E-state index < -0.39 is 5.97 Å². The third-order valence-electron chi connectivity index (χ3n) is 1.87. The summed E-state index contributed by atoms with van der Waals surface area (Å²) in [6.07, 6.45) is 1.06. The van der Waals surface area contributed by atoms with Crippen molar-refractivity contribution in [3.63, 3.8) is 0 Å². The van der Waals surface area contributed by atoms with Crippen LogP contribution in [-0.2, 0) is 4.79 Å². The number of rotatable bonds is 8. The molecule has 14 heavy (non-hydrogen) atoms. The maximum absolute atomic E-state index is 10.4. The Kier molecular flexibility index (Phi) is 7.61. The molecule has 0 saturated heterocycles. The lowest BCUT2D eigenvalue weighted by Crippen LogP contribution is -2.30. The number of aliphatic carboxylic acids is 1. The van der Waals surface area contributed by atoms with Crippen molar-refractivity contribution in [2.45, 2.75) is 26.3 Å². The van der Waals surface area contributed by atoms with Crippen LogP contribution in [0.5, 0.6) is 0 Å². The first-order chi connectivity index (χ1) is 6.57. The van der Waals surface area contributed by atoms with Gasteiger partial charge in [-0.3, -0.25) is 0 Å². The normalized spacial score (nSPS) is 12.4. The molecule has 0 spiro atoms. The lowest BCUT2D eigenvalue weighted by molar-refractivity contribution is -0.132. The number of hydrogen-bond donors (Lipinski definition) is 2. The molecule has 2 N–H and O–H groups in total. The summed E-state index contributed by atoms with van der Waals surface area (Å²) in [4.78, 5) is 10.4. The van der Waals surface area contributed by atoms with E-state index in [1.54, 1.807) is 0 Å². The van der Waals surface area contributed by atoms with Gasteiger partial charge in [-0.2, -0.15) is 11.8 Å². The second kappa shape index (κ2) is 7.88. The third-order valence-corrected chi connectivity index (χ3v) is 2.80. The van der Waals surface area contributed by atoms with Gasteiger partial charge in [-0.1, -0.05) is 13.5 Å². The maximum Gasteiger partial charge on any atom is 0.332 e. The first-order valence-electron chi connectivity index (χ1n) is 4.80. The number of carboxylic acids is 1. The molecule has 82 valence electrons. The van der Waals surface area contributed by atoms with Gasteiger partial charge in [0.1, 0.15) is 0 Å². The Morgan fingerprint density at radius 3 is 2.79 bits per heavy atom. The molecule has 0 aliphatic carbocycles. The van der Waals surface area contributed by atoms with Crippen LogP contribution < -0.4 is 5.32 Å². The lowest BCUT2D eigenvalue weighted by atomic mass is 10.2. The second-order valence-electron chi connectivity index (χ2n) is 3.18. The van der Waals surface area contributed by atoms with Gasteiger partial charge in [-0.15, -0.1) is 0 Å². The van der Waals surface area contributed by atoms with E-state index in [9.17, 15) is 4.79 Å². The summed E-state index contributed by atoms with van der Waals surface area (Å²) in [5, 5.41) is 11.7. The number of nitrogens with one attached hydrogen (secondary N) is 1. The number of carboxylic acid groups (broad SMARTS) is 1. The fourth-order valence-electron chi connectivity index (χ4n) is 0.880. The van der Waals surface area contributed by atoms with Gasteiger partial charge >= 0.3 is 5.97 Å². The quantitative estimate of drug-likeness (QED) is 0.480. The average molecular weight is 217 g/mol. The van der Waals surface area contributed by atoms with Crippen LogP contribution in [0, 0.1) is 0 Å². The van der Waals surface area contributed by atoms with Crippen molar-refractivity contribution in [2.75, 3.05) is 18.1 Å². The number of hydrogen-bond acceptors (Lipinski definition) is 3. The van der Waals surface area contributed by atoms with Crippen molar-refractivity contribution < 1.29 is 9.90 Å². The van der Waals surface area contributed by atoms with Gasteiger partial charge < -0.3 is 10.4 Å². The molecule has 0 aliphatic rings. The summed E-state index contributed by atoms with van der Waals surface area (Å²) < 4.78 is 0. The molecule has 1 unspecified atom stereocenters. The Labute approximate surface area is 90.0 Å². The van der Waals surface area contributed by atoms with Crippen LogP contribution in [0.4, 0.5) is 0 Å². The molecule has 0 amide bonds. The molecule has 0 aliphatic heterocycles. The fraction of sp³-hybridized carbons (Fsp3) is 0.700. The second-order valence-corrected chi connectivity index (χ2v) is 4.57.